The predicted molar refractivity (Wildman–Crippen MR) is 70.0 cm³/mol. The van der Waals surface area contributed by atoms with Crippen molar-refractivity contribution in [1.82, 2.24) is 10.1 Å². The molecule has 4 nitrogen and oxygen atoms in total. The number of benzene rings is 1. The lowest BCUT2D eigenvalue weighted by molar-refractivity contribution is -0.218. The minimum atomic E-state index is -0.695. The molecule has 1 heterocycles. The van der Waals surface area contributed by atoms with Crippen LogP contribution in [0.25, 0.3) is 0 Å². The first-order valence-electron chi connectivity index (χ1n) is 5.67. The molecule has 1 aromatic carbocycles. The van der Waals surface area contributed by atoms with E-state index in [2.05, 4.69) is 0 Å². The zero-order chi connectivity index (χ0) is 13.7. The molecule has 1 saturated heterocycles. The van der Waals surface area contributed by atoms with Crippen LogP contribution in [0, 0.1) is 0 Å². The van der Waals surface area contributed by atoms with Crippen LogP contribution in [0.15, 0.2) is 18.2 Å². The van der Waals surface area contributed by atoms with Gasteiger partial charge in [-0.15, -0.1) is 0 Å². The lowest BCUT2D eigenvalue weighted by atomic mass is 9.98. The quantitative estimate of drug-likeness (QED) is 0.830. The Bertz CT molecular complexity index is 467. The fourth-order valence-corrected chi connectivity index (χ4v) is 2.65. The van der Waals surface area contributed by atoms with Gasteiger partial charge in [0.15, 0.2) is 0 Å². The Morgan fingerprint density at radius 1 is 1.22 bits per heavy atom. The van der Waals surface area contributed by atoms with Gasteiger partial charge >= 0.3 is 0 Å². The van der Waals surface area contributed by atoms with Crippen molar-refractivity contribution in [3.05, 3.63) is 33.8 Å². The highest BCUT2D eigenvalue weighted by atomic mass is 35.5. The number of hydrogen-bond donors (Lipinski definition) is 2. The van der Waals surface area contributed by atoms with E-state index in [4.69, 9.17) is 23.2 Å². The van der Waals surface area contributed by atoms with Crippen molar-refractivity contribution in [3.63, 3.8) is 0 Å². The van der Waals surface area contributed by atoms with Gasteiger partial charge in [0.05, 0.1) is 11.6 Å². The van der Waals surface area contributed by atoms with Crippen LogP contribution in [0.2, 0.25) is 10.0 Å². The maximum absolute atomic E-state index is 10.2. The predicted octanol–water partition coefficient (Wildman–Crippen LogP) is 3.56. The minimum Gasteiger partial charge on any atom is -0.312 e. The van der Waals surface area contributed by atoms with Crippen molar-refractivity contribution in [1.29, 1.82) is 0 Å². The molecule has 2 rings (SSSR count). The van der Waals surface area contributed by atoms with Crippen LogP contribution in [-0.2, 0) is 0 Å². The average molecular weight is 291 g/mol. The third-order valence-electron chi connectivity index (χ3n) is 3.73. The van der Waals surface area contributed by atoms with Gasteiger partial charge < -0.3 is 10.4 Å². The van der Waals surface area contributed by atoms with Crippen LogP contribution >= 0.6 is 23.2 Å². The van der Waals surface area contributed by atoms with Gasteiger partial charge in [-0.05, 0) is 32.9 Å². The second-order valence-corrected chi connectivity index (χ2v) is 5.94. The Kier molecular flexibility index (Phi) is 3.62. The topological polar surface area (TPSA) is 46.9 Å². The summed E-state index contributed by atoms with van der Waals surface area (Å²) < 4.78 is 0. The maximum atomic E-state index is 10.2. The van der Waals surface area contributed by atoms with Crippen molar-refractivity contribution in [2.24, 2.45) is 0 Å². The molecule has 0 saturated carbocycles. The second kappa shape index (κ2) is 4.63. The van der Waals surface area contributed by atoms with Crippen LogP contribution in [0.1, 0.15) is 32.5 Å². The van der Waals surface area contributed by atoms with Crippen molar-refractivity contribution in [2.45, 2.75) is 38.5 Å². The Hall–Kier alpha value is -0.360. The molecular weight excluding hydrogens is 275 g/mol. The Labute approximate surface area is 116 Å². The summed E-state index contributed by atoms with van der Waals surface area (Å²) >= 11 is 12.0. The standard InChI is InChI=1S/C12H16Cl2N2O2/c1-7-12(2,3)16(18)11(15(7)17)9-5-4-8(13)6-10(9)14/h4-7,11,17-18H,1-3H3/t7-,11-/m1/s1. The summed E-state index contributed by atoms with van der Waals surface area (Å²) in [4.78, 5) is 0. The smallest absolute Gasteiger partial charge is 0.137 e. The zero-order valence-electron chi connectivity index (χ0n) is 10.4. The molecular formula is C12H16Cl2N2O2. The van der Waals surface area contributed by atoms with Gasteiger partial charge in [0, 0.05) is 15.6 Å². The van der Waals surface area contributed by atoms with Crippen molar-refractivity contribution in [2.75, 3.05) is 0 Å². The Balaban J connectivity index is 2.45. The Morgan fingerprint density at radius 3 is 2.28 bits per heavy atom. The molecule has 0 spiro atoms. The van der Waals surface area contributed by atoms with Gasteiger partial charge in [-0.25, -0.2) is 0 Å². The molecule has 6 heteroatoms. The number of halogens is 2. The molecule has 1 aromatic rings. The third kappa shape index (κ3) is 2.03. The summed E-state index contributed by atoms with van der Waals surface area (Å²) in [5.41, 5.74) is 0.0334. The first kappa shape index (κ1) is 14.1. The summed E-state index contributed by atoms with van der Waals surface area (Å²) in [6, 6.07) is 4.74. The van der Waals surface area contributed by atoms with E-state index in [-0.39, 0.29) is 6.04 Å². The fourth-order valence-electron chi connectivity index (χ4n) is 2.14. The molecule has 0 unspecified atom stereocenters. The molecule has 2 atom stereocenters. The number of nitrogens with zero attached hydrogens (tertiary/aromatic N) is 2. The SMILES string of the molecule is C[C@H]1N(O)[C@@H](c2ccc(Cl)cc2Cl)N(O)C1(C)C. The van der Waals surface area contributed by atoms with E-state index in [1.54, 1.807) is 18.2 Å². The molecule has 1 aliphatic heterocycles. The van der Waals surface area contributed by atoms with E-state index in [0.29, 0.717) is 15.6 Å². The van der Waals surface area contributed by atoms with Gasteiger partial charge in [0.1, 0.15) is 6.17 Å². The fraction of sp³-hybridized carbons (Fsp3) is 0.500. The summed E-state index contributed by atoms with van der Waals surface area (Å²) in [6.07, 6.45) is -0.695. The molecule has 0 radical (unpaired) electrons. The molecule has 0 amide bonds. The van der Waals surface area contributed by atoms with Gasteiger partial charge in [-0.3, -0.25) is 0 Å². The van der Waals surface area contributed by atoms with Crippen LogP contribution in [0.3, 0.4) is 0 Å². The molecule has 0 aromatic heterocycles. The molecule has 18 heavy (non-hydrogen) atoms. The number of hydroxylamine groups is 4. The second-order valence-electron chi connectivity index (χ2n) is 5.09. The lowest BCUT2D eigenvalue weighted by Crippen LogP contribution is -2.43. The van der Waals surface area contributed by atoms with E-state index in [1.807, 2.05) is 20.8 Å². The third-order valence-corrected chi connectivity index (χ3v) is 4.29. The van der Waals surface area contributed by atoms with Gasteiger partial charge in [0.2, 0.25) is 0 Å². The minimum absolute atomic E-state index is 0.237. The summed E-state index contributed by atoms with van der Waals surface area (Å²) in [5, 5.41) is 23.5. The van der Waals surface area contributed by atoms with Crippen molar-refractivity contribution in [3.8, 4) is 0 Å². The highest BCUT2D eigenvalue weighted by Gasteiger charge is 2.51. The van der Waals surface area contributed by atoms with Crippen LogP contribution < -0.4 is 0 Å². The first-order valence-corrected chi connectivity index (χ1v) is 6.42. The van der Waals surface area contributed by atoms with E-state index in [9.17, 15) is 10.4 Å². The highest BCUT2D eigenvalue weighted by Crippen LogP contribution is 2.43. The van der Waals surface area contributed by atoms with E-state index in [0.717, 1.165) is 10.1 Å². The summed E-state index contributed by atoms with van der Waals surface area (Å²) in [7, 11) is 0. The number of hydrogen-bond acceptors (Lipinski definition) is 4. The van der Waals surface area contributed by atoms with Gasteiger partial charge in [-0.2, -0.15) is 10.1 Å². The maximum Gasteiger partial charge on any atom is 0.137 e. The van der Waals surface area contributed by atoms with Crippen LogP contribution in [-0.4, -0.2) is 32.1 Å². The van der Waals surface area contributed by atoms with Gasteiger partial charge in [-0.1, -0.05) is 29.3 Å². The molecule has 1 fully saturated rings. The van der Waals surface area contributed by atoms with E-state index in [1.165, 1.54) is 0 Å². The monoisotopic (exact) mass is 290 g/mol. The lowest BCUT2D eigenvalue weighted by Gasteiger charge is -2.29. The van der Waals surface area contributed by atoms with Crippen molar-refractivity contribution >= 4 is 23.2 Å². The van der Waals surface area contributed by atoms with E-state index < -0.39 is 11.7 Å². The molecule has 100 valence electrons. The van der Waals surface area contributed by atoms with Crippen molar-refractivity contribution < 1.29 is 10.4 Å². The molecule has 0 bridgehead atoms. The van der Waals surface area contributed by atoms with E-state index >= 15 is 0 Å². The molecule has 0 aliphatic carbocycles. The average Bonchev–Trinajstić information content (AvgIpc) is 2.43. The largest absolute Gasteiger partial charge is 0.312 e. The highest BCUT2D eigenvalue weighted by molar-refractivity contribution is 6.35. The zero-order valence-corrected chi connectivity index (χ0v) is 11.9. The Morgan fingerprint density at radius 2 is 1.83 bits per heavy atom. The molecule has 1 aliphatic rings. The first-order chi connectivity index (χ1) is 8.26. The summed E-state index contributed by atoms with van der Waals surface area (Å²) in [6.45, 7) is 5.54. The normalized spacial score (nSPS) is 28.8. The van der Waals surface area contributed by atoms with Gasteiger partial charge in [0.25, 0.3) is 0 Å². The van der Waals surface area contributed by atoms with Crippen LogP contribution in [0.4, 0.5) is 0 Å². The van der Waals surface area contributed by atoms with Crippen LogP contribution in [0.5, 0.6) is 0 Å². The summed E-state index contributed by atoms with van der Waals surface area (Å²) in [5.74, 6) is 0. The number of rotatable bonds is 1. The molecule has 2 N–H and O–H groups in total.